The summed E-state index contributed by atoms with van der Waals surface area (Å²) >= 11 is 7.86. The Hall–Kier alpha value is -4.48. The first kappa shape index (κ1) is 31.8. The number of amides is 4. The Kier molecular flexibility index (Phi) is 7.14. The number of hydrogen-bond acceptors (Lipinski definition) is 8. The number of aromatic nitrogens is 2. The highest BCUT2D eigenvalue weighted by Gasteiger charge is 2.68. The molecule has 4 aliphatic rings. The summed E-state index contributed by atoms with van der Waals surface area (Å²) in [5.74, 6) is -3.99. The van der Waals surface area contributed by atoms with Crippen LogP contribution in [0.2, 0.25) is 5.02 Å². The van der Waals surface area contributed by atoms with Crippen LogP contribution in [0, 0.1) is 36.0 Å². The second kappa shape index (κ2) is 11.0. The molecule has 1 saturated carbocycles. The molecule has 2 aromatic heterocycles. The SMILES string of the molecule is CCN1C(=O)[C@H]2[C@H](CC=C3[C@H]2C[C@H]2C(=O)N(c4cc(-c5sc6ccc(Cl)cc6c5C)nn4C)C(=O)[C@@]2(C)[C@H]3c2cccc(OC)c2O)C1=O. The van der Waals surface area contributed by atoms with Gasteiger partial charge in [-0.2, -0.15) is 5.10 Å². The van der Waals surface area contributed by atoms with Gasteiger partial charge in [-0.25, -0.2) is 4.90 Å². The first-order valence-corrected chi connectivity index (χ1v) is 17.6. The van der Waals surface area contributed by atoms with Gasteiger partial charge in [-0.15, -0.1) is 11.3 Å². The Morgan fingerprint density at radius 2 is 1.86 bits per heavy atom. The third-order valence-corrected chi connectivity index (χ3v) is 13.0. The average Bonchev–Trinajstić information content (AvgIpc) is 3.75. The summed E-state index contributed by atoms with van der Waals surface area (Å²) < 4.78 is 8.07. The van der Waals surface area contributed by atoms with Gasteiger partial charge >= 0.3 is 0 Å². The number of fused-ring (bicyclic) bond motifs is 5. The van der Waals surface area contributed by atoms with Gasteiger partial charge in [0.15, 0.2) is 11.5 Å². The van der Waals surface area contributed by atoms with Crippen molar-refractivity contribution in [2.45, 2.75) is 39.5 Å². The molecule has 2 saturated heterocycles. The minimum atomic E-state index is -1.32. The zero-order chi connectivity index (χ0) is 34.7. The van der Waals surface area contributed by atoms with Gasteiger partial charge in [0.25, 0.3) is 0 Å². The molecule has 2 aliphatic carbocycles. The molecule has 0 unspecified atom stereocenters. The van der Waals surface area contributed by atoms with Crippen LogP contribution in [0.1, 0.15) is 43.7 Å². The lowest BCUT2D eigenvalue weighted by Crippen LogP contribution is -2.49. The molecule has 1 N–H and O–H groups in total. The average molecular weight is 699 g/mol. The summed E-state index contributed by atoms with van der Waals surface area (Å²) in [5.41, 5.74) is 1.56. The highest BCUT2D eigenvalue weighted by molar-refractivity contribution is 7.22. The number of likely N-dealkylation sites (tertiary alicyclic amines) is 1. The Bertz CT molecular complexity index is 2170. The van der Waals surface area contributed by atoms with Crippen molar-refractivity contribution in [1.29, 1.82) is 0 Å². The molecule has 10 nitrogen and oxygen atoms in total. The summed E-state index contributed by atoms with van der Waals surface area (Å²) in [6, 6.07) is 12.6. The number of methoxy groups -OCH3 is 1. The van der Waals surface area contributed by atoms with E-state index in [0.29, 0.717) is 28.5 Å². The molecule has 12 heteroatoms. The van der Waals surface area contributed by atoms with Crippen molar-refractivity contribution < 1.29 is 29.0 Å². The highest BCUT2D eigenvalue weighted by atomic mass is 35.5. The molecule has 4 amide bonds. The van der Waals surface area contributed by atoms with Crippen LogP contribution in [-0.4, -0.2) is 57.1 Å². The van der Waals surface area contributed by atoms with Gasteiger partial charge in [0.05, 0.1) is 35.2 Å². The zero-order valence-electron chi connectivity index (χ0n) is 27.7. The standard InChI is InChI=1S/C37H35ClN4O6S/c1-6-41-33(44)20-12-11-19-23(29(20)35(41)46)15-24-34(45)42(36(47)37(24,3)30(19)21-8-7-9-26(48-5)31(21)43)28-16-25(39-40(28)4)32-17(2)22-14-18(38)10-13-27(22)49-32/h7-11,13-14,16,20,23-24,29-30,43H,6,12,15H2,1-5H3/t20-,23+,24-,29-,30+,37+/m0/s1. The minimum absolute atomic E-state index is 0.121. The predicted molar refractivity (Wildman–Crippen MR) is 185 cm³/mol. The largest absolute Gasteiger partial charge is 0.504 e. The van der Waals surface area contributed by atoms with Crippen LogP contribution in [0.25, 0.3) is 20.7 Å². The molecule has 0 bridgehead atoms. The highest BCUT2D eigenvalue weighted by Crippen LogP contribution is 2.65. The summed E-state index contributed by atoms with van der Waals surface area (Å²) in [6.45, 7) is 5.85. The number of carbonyl (C=O) groups is 4. The summed E-state index contributed by atoms with van der Waals surface area (Å²) in [7, 11) is 3.17. The van der Waals surface area contributed by atoms with E-state index >= 15 is 0 Å². The maximum atomic E-state index is 15.0. The summed E-state index contributed by atoms with van der Waals surface area (Å²) in [4.78, 5) is 60.2. The predicted octanol–water partition coefficient (Wildman–Crippen LogP) is 6.23. The van der Waals surface area contributed by atoms with Crippen LogP contribution >= 0.6 is 22.9 Å². The number of rotatable bonds is 5. The number of phenolic OH excluding ortho intramolecular Hbond substituents is 1. The van der Waals surface area contributed by atoms with Gasteiger partial charge in [-0.3, -0.25) is 28.8 Å². The molecule has 0 spiro atoms. The van der Waals surface area contributed by atoms with E-state index in [1.807, 2.05) is 31.2 Å². The van der Waals surface area contributed by atoms with Crippen LogP contribution in [0.15, 0.2) is 54.1 Å². The fourth-order valence-corrected chi connectivity index (χ4v) is 10.4. The normalized spacial score (nSPS) is 27.9. The molecule has 2 aliphatic heterocycles. The Morgan fingerprint density at radius 1 is 1.08 bits per heavy atom. The number of imide groups is 2. The van der Waals surface area contributed by atoms with E-state index in [1.165, 1.54) is 16.9 Å². The quantitative estimate of drug-likeness (QED) is 0.194. The molecular weight excluding hydrogens is 664 g/mol. The maximum absolute atomic E-state index is 15.0. The van der Waals surface area contributed by atoms with E-state index in [1.54, 1.807) is 61.2 Å². The van der Waals surface area contributed by atoms with E-state index in [0.717, 1.165) is 26.1 Å². The lowest BCUT2D eigenvalue weighted by molar-refractivity contribution is -0.140. The zero-order valence-corrected chi connectivity index (χ0v) is 29.3. The number of benzene rings is 2. The number of anilines is 1. The lowest BCUT2D eigenvalue weighted by atomic mass is 9.51. The number of allylic oxidation sites excluding steroid dienone is 2. The molecular formula is C37H35ClN4O6S. The van der Waals surface area contributed by atoms with Crippen molar-refractivity contribution in [1.82, 2.24) is 14.7 Å². The number of aromatic hydroxyl groups is 1. The van der Waals surface area contributed by atoms with Crippen molar-refractivity contribution in [2.24, 2.45) is 36.1 Å². The third kappa shape index (κ3) is 4.21. The second-order valence-electron chi connectivity index (χ2n) is 13.7. The maximum Gasteiger partial charge on any atom is 0.242 e. The number of hydrogen-bond donors (Lipinski definition) is 1. The van der Waals surface area contributed by atoms with Crippen LogP contribution in [-0.2, 0) is 26.2 Å². The topological polar surface area (TPSA) is 122 Å². The monoisotopic (exact) mass is 698 g/mol. The molecule has 6 atom stereocenters. The molecule has 3 fully saturated rings. The number of para-hydroxylation sites is 1. The summed E-state index contributed by atoms with van der Waals surface area (Å²) in [6.07, 6.45) is 2.54. The van der Waals surface area contributed by atoms with Gasteiger partial charge in [-0.1, -0.05) is 35.4 Å². The molecule has 49 heavy (non-hydrogen) atoms. The van der Waals surface area contributed by atoms with E-state index in [9.17, 15) is 24.3 Å². The van der Waals surface area contributed by atoms with E-state index in [4.69, 9.17) is 21.4 Å². The van der Waals surface area contributed by atoms with Crippen molar-refractivity contribution in [3.8, 4) is 22.1 Å². The number of phenols is 1. The van der Waals surface area contributed by atoms with Gasteiger partial charge in [0, 0.05) is 40.9 Å². The number of aryl methyl sites for hydroxylation is 2. The van der Waals surface area contributed by atoms with E-state index in [-0.39, 0.29) is 42.2 Å². The Balaban J connectivity index is 1.27. The van der Waals surface area contributed by atoms with E-state index < -0.39 is 40.9 Å². The molecule has 8 rings (SSSR count). The molecule has 4 heterocycles. The van der Waals surface area contributed by atoms with Crippen molar-refractivity contribution >= 4 is 62.5 Å². The number of nitrogens with zero attached hydrogens (tertiary/aromatic N) is 4. The first-order valence-electron chi connectivity index (χ1n) is 16.4. The third-order valence-electron chi connectivity index (χ3n) is 11.5. The summed E-state index contributed by atoms with van der Waals surface area (Å²) in [5, 5.41) is 17.9. The van der Waals surface area contributed by atoms with Gasteiger partial charge in [-0.05, 0) is 74.7 Å². The fourth-order valence-electron chi connectivity index (χ4n) is 9.11. The number of carbonyl (C=O) groups excluding carboxylic acids is 4. The smallest absolute Gasteiger partial charge is 0.242 e. The van der Waals surface area contributed by atoms with Crippen LogP contribution in [0.3, 0.4) is 0 Å². The van der Waals surface area contributed by atoms with Gasteiger partial charge < -0.3 is 9.84 Å². The van der Waals surface area contributed by atoms with Crippen molar-refractivity contribution in [3.05, 3.63) is 70.3 Å². The van der Waals surface area contributed by atoms with E-state index in [2.05, 4.69) is 0 Å². The van der Waals surface area contributed by atoms with Crippen LogP contribution < -0.4 is 9.64 Å². The Morgan fingerprint density at radius 3 is 2.59 bits per heavy atom. The molecule has 0 radical (unpaired) electrons. The van der Waals surface area contributed by atoms with Gasteiger partial charge in [0.1, 0.15) is 11.5 Å². The molecule has 4 aromatic rings. The number of thiophene rings is 1. The second-order valence-corrected chi connectivity index (χ2v) is 15.2. The lowest BCUT2D eigenvalue weighted by Gasteiger charge is -2.49. The molecule has 252 valence electrons. The molecule has 2 aromatic carbocycles. The Labute approximate surface area is 291 Å². The van der Waals surface area contributed by atoms with Crippen LogP contribution in [0.5, 0.6) is 11.5 Å². The number of halogens is 1. The number of ether oxygens (including phenoxy) is 1. The van der Waals surface area contributed by atoms with Crippen LogP contribution in [0.4, 0.5) is 5.82 Å². The minimum Gasteiger partial charge on any atom is -0.504 e. The first-order chi connectivity index (χ1) is 23.4. The fraction of sp³-hybridized carbons (Fsp3) is 0.378. The van der Waals surface area contributed by atoms with Gasteiger partial charge in [0.2, 0.25) is 23.6 Å². The van der Waals surface area contributed by atoms with Crippen molar-refractivity contribution in [3.63, 3.8) is 0 Å². The van der Waals surface area contributed by atoms with Crippen molar-refractivity contribution in [2.75, 3.05) is 18.6 Å².